The Bertz CT molecular complexity index is 994. The van der Waals surface area contributed by atoms with E-state index in [1.807, 2.05) is 32.0 Å². The fourth-order valence-corrected chi connectivity index (χ4v) is 3.25. The van der Waals surface area contributed by atoms with E-state index in [0.29, 0.717) is 16.7 Å². The minimum absolute atomic E-state index is 0.0957. The lowest BCUT2D eigenvalue weighted by atomic mass is 10.1. The predicted octanol–water partition coefficient (Wildman–Crippen LogP) is 2.97. The summed E-state index contributed by atoms with van der Waals surface area (Å²) < 4.78 is 7.09. The third-order valence-corrected chi connectivity index (χ3v) is 5.03. The number of ether oxygens (including phenoxy) is 1. The number of nitrogens with two attached hydrogens (primary N) is 1. The first-order valence-electron chi connectivity index (χ1n) is 8.36. The molecule has 146 valence electrons. The SMILES string of the molecule is Cc1ccc(OCc2nnc(SCC(=O)Nc3cccnc3Cl)n2N)c(C)c1. The van der Waals surface area contributed by atoms with Gasteiger partial charge in [0.2, 0.25) is 11.1 Å². The Hall–Kier alpha value is -2.78. The van der Waals surface area contributed by atoms with E-state index in [9.17, 15) is 4.79 Å². The first-order chi connectivity index (χ1) is 13.4. The van der Waals surface area contributed by atoms with Gasteiger partial charge in [0.1, 0.15) is 12.4 Å². The number of pyridine rings is 1. The molecule has 1 aromatic carbocycles. The van der Waals surface area contributed by atoms with Crippen molar-refractivity contribution >= 4 is 35.0 Å². The van der Waals surface area contributed by atoms with Crippen molar-refractivity contribution in [3.8, 4) is 5.75 Å². The van der Waals surface area contributed by atoms with E-state index in [2.05, 4.69) is 20.5 Å². The molecular formula is C18H19ClN6O2S. The third-order valence-electron chi connectivity index (χ3n) is 3.79. The van der Waals surface area contributed by atoms with E-state index in [1.54, 1.807) is 18.3 Å². The van der Waals surface area contributed by atoms with Gasteiger partial charge in [0.25, 0.3) is 0 Å². The van der Waals surface area contributed by atoms with Crippen molar-refractivity contribution in [1.82, 2.24) is 19.9 Å². The zero-order valence-corrected chi connectivity index (χ0v) is 16.9. The Morgan fingerprint density at radius 2 is 2.14 bits per heavy atom. The summed E-state index contributed by atoms with van der Waals surface area (Å²) in [6, 6.07) is 9.28. The molecule has 0 atom stereocenters. The highest BCUT2D eigenvalue weighted by Crippen LogP contribution is 2.21. The fraction of sp³-hybridized carbons (Fsp3) is 0.222. The normalized spacial score (nSPS) is 10.7. The van der Waals surface area contributed by atoms with Crippen molar-refractivity contribution in [1.29, 1.82) is 0 Å². The molecule has 0 unspecified atom stereocenters. The Morgan fingerprint density at radius 3 is 2.89 bits per heavy atom. The van der Waals surface area contributed by atoms with Crippen molar-refractivity contribution < 1.29 is 9.53 Å². The summed E-state index contributed by atoms with van der Waals surface area (Å²) in [7, 11) is 0. The van der Waals surface area contributed by atoms with Crippen LogP contribution in [0.4, 0.5) is 5.69 Å². The van der Waals surface area contributed by atoms with Crippen LogP contribution in [0.15, 0.2) is 41.7 Å². The van der Waals surface area contributed by atoms with Crippen LogP contribution in [-0.2, 0) is 11.4 Å². The molecule has 3 rings (SSSR count). The van der Waals surface area contributed by atoms with E-state index in [1.165, 1.54) is 4.68 Å². The lowest BCUT2D eigenvalue weighted by Gasteiger charge is -2.09. The molecule has 0 aliphatic heterocycles. The quantitative estimate of drug-likeness (QED) is 0.345. The van der Waals surface area contributed by atoms with Crippen LogP contribution in [0.5, 0.6) is 5.75 Å². The zero-order valence-electron chi connectivity index (χ0n) is 15.3. The molecule has 10 heteroatoms. The fourth-order valence-electron chi connectivity index (χ4n) is 2.40. The number of nitrogens with one attached hydrogen (secondary N) is 1. The highest BCUT2D eigenvalue weighted by Gasteiger charge is 2.14. The van der Waals surface area contributed by atoms with Gasteiger partial charge < -0.3 is 15.9 Å². The molecule has 3 N–H and O–H groups in total. The van der Waals surface area contributed by atoms with Crippen molar-refractivity contribution in [3.63, 3.8) is 0 Å². The summed E-state index contributed by atoms with van der Waals surface area (Å²) in [4.78, 5) is 16.0. The number of hydrogen-bond acceptors (Lipinski definition) is 7. The highest BCUT2D eigenvalue weighted by atomic mass is 35.5. The zero-order chi connectivity index (χ0) is 20.1. The maximum absolute atomic E-state index is 12.1. The number of nitrogens with zero attached hydrogens (tertiary/aromatic N) is 4. The minimum Gasteiger partial charge on any atom is -0.485 e. The van der Waals surface area contributed by atoms with Crippen molar-refractivity contribution in [3.05, 3.63) is 58.6 Å². The van der Waals surface area contributed by atoms with Gasteiger partial charge in [-0.1, -0.05) is 41.1 Å². The van der Waals surface area contributed by atoms with Crippen LogP contribution in [0.2, 0.25) is 5.15 Å². The van der Waals surface area contributed by atoms with Crippen LogP contribution in [0, 0.1) is 13.8 Å². The lowest BCUT2D eigenvalue weighted by molar-refractivity contribution is -0.113. The molecule has 0 fully saturated rings. The number of rotatable bonds is 7. The predicted molar refractivity (Wildman–Crippen MR) is 109 cm³/mol. The first-order valence-corrected chi connectivity index (χ1v) is 9.73. The Balaban J connectivity index is 1.55. The number of hydrogen-bond donors (Lipinski definition) is 2. The summed E-state index contributed by atoms with van der Waals surface area (Å²) >= 11 is 7.09. The molecule has 0 radical (unpaired) electrons. The second-order valence-electron chi connectivity index (χ2n) is 6.01. The molecule has 0 bridgehead atoms. The molecule has 0 saturated carbocycles. The number of aryl methyl sites for hydroxylation is 2. The number of thioether (sulfide) groups is 1. The minimum atomic E-state index is -0.254. The van der Waals surface area contributed by atoms with Gasteiger partial charge in [0.15, 0.2) is 11.0 Å². The maximum atomic E-state index is 12.1. The van der Waals surface area contributed by atoms with Crippen molar-refractivity contribution in [2.75, 3.05) is 16.9 Å². The molecule has 3 aromatic rings. The van der Waals surface area contributed by atoms with Gasteiger partial charge in [-0.15, -0.1) is 10.2 Å². The Kier molecular flexibility index (Phi) is 6.37. The number of carbonyl (C=O) groups is 1. The number of benzene rings is 1. The van der Waals surface area contributed by atoms with Crippen molar-refractivity contribution in [2.45, 2.75) is 25.6 Å². The lowest BCUT2D eigenvalue weighted by Crippen LogP contribution is -2.18. The Labute approximate surface area is 171 Å². The number of nitrogen functional groups attached to an aromatic ring is 1. The Morgan fingerprint density at radius 1 is 1.32 bits per heavy atom. The first kappa shape index (κ1) is 20.0. The van der Waals surface area contributed by atoms with Gasteiger partial charge in [-0.3, -0.25) is 4.79 Å². The number of carbonyl (C=O) groups excluding carboxylic acids is 1. The molecule has 0 saturated heterocycles. The van der Waals surface area contributed by atoms with Crippen LogP contribution in [-0.4, -0.2) is 31.5 Å². The van der Waals surface area contributed by atoms with Gasteiger partial charge in [0, 0.05) is 6.20 Å². The van der Waals surface area contributed by atoms with Crippen LogP contribution < -0.4 is 15.9 Å². The van der Waals surface area contributed by atoms with Gasteiger partial charge in [0.05, 0.1) is 11.4 Å². The summed E-state index contributed by atoms with van der Waals surface area (Å²) in [6.07, 6.45) is 1.55. The summed E-state index contributed by atoms with van der Waals surface area (Å²) in [5, 5.41) is 11.4. The summed E-state index contributed by atoms with van der Waals surface area (Å²) in [5.41, 5.74) is 2.64. The van der Waals surface area contributed by atoms with E-state index in [-0.39, 0.29) is 23.4 Å². The van der Waals surface area contributed by atoms with Crippen LogP contribution in [0.25, 0.3) is 0 Å². The molecule has 8 nitrogen and oxygen atoms in total. The molecule has 2 heterocycles. The summed E-state index contributed by atoms with van der Waals surface area (Å²) in [5.74, 6) is 7.08. The molecule has 1 amide bonds. The molecule has 0 aliphatic carbocycles. The maximum Gasteiger partial charge on any atom is 0.234 e. The number of anilines is 1. The molecule has 28 heavy (non-hydrogen) atoms. The van der Waals surface area contributed by atoms with E-state index >= 15 is 0 Å². The largest absolute Gasteiger partial charge is 0.485 e. The topological polar surface area (TPSA) is 108 Å². The number of amides is 1. The van der Waals surface area contributed by atoms with Gasteiger partial charge in [-0.25, -0.2) is 9.66 Å². The highest BCUT2D eigenvalue weighted by molar-refractivity contribution is 7.99. The third kappa shape index (κ3) is 4.93. The average molecular weight is 419 g/mol. The average Bonchev–Trinajstić information content (AvgIpc) is 3.01. The monoisotopic (exact) mass is 418 g/mol. The van der Waals surface area contributed by atoms with Crippen LogP contribution in [0.1, 0.15) is 17.0 Å². The molecule has 0 spiro atoms. The van der Waals surface area contributed by atoms with Crippen molar-refractivity contribution in [2.24, 2.45) is 0 Å². The van der Waals surface area contributed by atoms with Crippen LogP contribution >= 0.6 is 23.4 Å². The van der Waals surface area contributed by atoms with Gasteiger partial charge in [-0.2, -0.15) is 0 Å². The van der Waals surface area contributed by atoms with E-state index in [0.717, 1.165) is 28.6 Å². The second-order valence-corrected chi connectivity index (χ2v) is 7.31. The van der Waals surface area contributed by atoms with Crippen LogP contribution in [0.3, 0.4) is 0 Å². The van der Waals surface area contributed by atoms with E-state index < -0.39 is 0 Å². The van der Waals surface area contributed by atoms with Gasteiger partial charge >= 0.3 is 0 Å². The summed E-state index contributed by atoms with van der Waals surface area (Å²) in [6.45, 7) is 4.17. The van der Waals surface area contributed by atoms with E-state index in [4.69, 9.17) is 22.2 Å². The van der Waals surface area contributed by atoms with Gasteiger partial charge in [-0.05, 0) is 37.6 Å². The number of aromatic nitrogens is 4. The smallest absolute Gasteiger partial charge is 0.234 e. The molecular weight excluding hydrogens is 400 g/mol. The second kappa shape index (κ2) is 8.94. The number of halogens is 1. The standard InChI is InChI=1S/C18H19ClN6O2S/c1-11-5-6-14(12(2)8-11)27-9-15-23-24-18(25(15)20)28-10-16(26)22-13-4-3-7-21-17(13)19/h3-8H,9-10,20H2,1-2H3,(H,22,26). The molecule has 2 aromatic heterocycles. The molecule has 0 aliphatic rings.